The van der Waals surface area contributed by atoms with Gasteiger partial charge >= 0.3 is 0 Å². The lowest BCUT2D eigenvalue weighted by molar-refractivity contribution is -0.116. The van der Waals surface area contributed by atoms with Gasteiger partial charge in [0.1, 0.15) is 29.0 Å². The first-order valence-corrected chi connectivity index (χ1v) is 9.16. The number of anilines is 2. The number of carbonyl (C=O) groups excluding carboxylic acids is 1. The van der Waals surface area contributed by atoms with Crippen LogP contribution in [0.15, 0.2) is 65.1 Å². The van der Waals surface area contributed by atoms with Gasteiger partial charge in [-0.15, -0.1) is 0 Å². The second-order valence-corrected chi connectivity index (χ2v) is 6.66. The predicted octanol–water partition coefficient (Wildman–Crippen LogP) is 4.91. The van der Waals surface area contributed by atoms with Gasteiger partial charge in [-0.25, -0.2) is 0 Å². The molecule has 0 aliphatic heterocycles. The van der Waals surface area contributed by atoms with E-state index in [0.29, 0.717) is 28.3 Å². The Labute approximate surface area is 167 Å². The molecule has 0 spiro atoms. The number of fused-ring (bicyclic) bond motifs is 3. The standard InChI is InChI=1S/C23H19N3O3/c1-14(23(27)26-18-9-5-3-7-15(18)13-24)25-19-12-21-17(11-22(19)28-2)16-8-4-6-10-20(16)29-21/h3-12,14,25H,1-2H3,(H,26,27)/t14-/m0/s1. The number of ether oxygens (including phenoxy) is 1. The molecule has 0 aliphatic carbocycles. The summed E-state index contributed by atoms with van der Waals surface area (Å²) in [4.78, 5) is 12.6. The van der Waals surface area contributed by atoms with Crippen molar-refractivity contribution in [3.8, 4) is 11.8 Å². The summed E-state index contributed by atoms with van der Waals surface area (Å²) in [6.45, 7) is 1.74. The summed E-state index contributed by atoms with van der Waals surface area (Å²) in [5, 5.41) is 17.1. The van der Waals surface area contributed by atoms with Crippen molar-refractivity contribution in [2.24, 2.45) is 0 Å². The third-order valence-electron chi connectivity index (χ3n) is 4.77. The Kier molecular flexibility index (Phi) is 4.80. The van der Waals surface area contributed by atoms with Crippen LogP contribution in [0.1, 0.15) is 12.5 Å². The van der Waals surface area contributed by atoms with Gasteiger partial charge in [0.2, 0.25) is 5.91 Å². The highest BCUT2D eigenvalue weighted by Gasteiger charge is 2.18. The molecule has 1 aromatic heterocycles. The SMILES string of the molecule is COc1cc2c(cc1N[C@@H](C)C(=O)Nc1ccccc1C#N)oc1ccccc12. The van der Waals surface area contributed by atoms with Crippen LogP contribution in [0.25, 0.3) is 21.9 Å². The molecule has 0 saturated heterocycles. The number of amides is 1. The van der Waals surface area contributed by atoms with Crippen LogP contribution in [0.5, 0.6) is 5.75 Å². The van der Waals surface area contributed by atoms with E-state index in [1.807, 2.05) is 36.4 Å². The number of carbonyl (C=O) groups is 1. The Morgan fingerprint density at radius 1 is 1.03 bits per heavy atom. The molecule has 0 unspecified atom stereocenters. The lowest BCUT2D eigenvalue weighted by atomic mass is 10.1. The number of nitriles is 1. The first-order valence-electron chi connectivity index (χ1n) is 9.16. The van der Waals surface area contributed by atoms with Crippen molar-refractivity contribution >= 4 is 39.2 Å². The van der Waals surface area contributed by atoms with Crippen LogP contribution in [0.3, 0.4) is 0 Å². The van der Waals surface area contributed by atoms with Crippen molar-refractivity contribution in [2.45, 2.75) is 13.0 Å². The minimum Gasteiger partial charge on any atom is -0.495 e. The zero-order chi connectivity index (χ0) is 20.4. The summed E-state index contributed by atoms with van der Waals surface area (Å²) in [5.74, 6) is 0.348. The predicted molar refractivity (Wildman–Crippen MR) is 113 cm³/mol. The van der Waals surface area contributed by atoms with Crippen LogP contribution in [-0.2, 0) is 4.79 Å². The monoisotopic (exact) mass is 385 g/mol. The quantitative estimate of drug-likeness (QED) is 0.510. The van der Waals surface area contributed by atoms with Crippen LogP contribution in [0, 0.1) is 11.3 Å². The van der Waals surface area contributed by atoms with Gasteiger partial charge in [0.15, 0.2) is 0 Å². The number of rotatable bonds is 5. The number of benzene rings is 3. The molecule has 0 aliphatic rings. The number of nitrogens with one attached hydrogen (secondary N) is 2. The van der Waals surface area contributed by atoms with E-state index in [1.54, 1.807) is 38.3 Å². The van der Waals surface area contributed by atoms with Crippen LogP contribution in [0.2, 0.25) is 0 Å². The molecule has 1 heterocycles. The molecule has 0 fully saturated rings. The van der Waals surface area contributed by atoms with Gasteiger partial charge in [-0.3, -0.25) is 4.79 Å². The summed E-state index contributed by atoms with van der Waals surface area (Å²) in [5.41, 5.74) is 3.04. The average Bonchev–Trinajstić information content (AvgIpc) is 3.10. The van der Waals surface area contributed by atoms with Crippen LogP contribution in [0.4, 0.5) is 11.4 Å². The van der Waals surface area contributed by atoms with E-state index in [1.165, 1.54) is 0 Å². The van der Waals surface area contributed by atoms with Crippen molar-refractivity contribution in [2.75, 3.05) is 17.7 Å². The molecule has 1 atom stereocenters. The van der Waals surface area contributed by atoms with Crippen molar-refractivity contribution in [1.82, 2.24) is 0 Å². The van der Waals surface area contributed by atoms with Gasteiger partial charge < -0.3 is 19.8 Å². The lowest BCUT2D eigenvalue weighted by Gasteiger charge is -2.18. The third-order valence-corrected chi connectivity index (χ3v) is 4.77. The highest BCUT2D eigenvalue weighted by molar-refractivity contribution is 6.07. The van der Waals surface area contributed by atoms with Gasteiger partial charge in [0.25, 0.3) is 0 Å². The fraction of sp³-hybridized carbons (Fsp3) is 0.130. The molecule has 0 saturated carbocycles. The summed E-state index contributed by atoms with van der Waals surface area (Å²) in [7, 11) is 1.59. The van der Waals surface area contributed by atoms with Gasteiger partial charge in [0.05, 0.1) is 24.0 Å². The van der Waals surface area contributed by atoms with E-state index in [-0.39, 0.29) is 5.91 Å². The highest BCUT2D eigenvalue weighted by atomic mass is 16.5. The molecule has 4 aromatic rings. The molecule has 144 valence electrons. The summed E-state index contributed by atoms with van der Waals surface area (Å²) in [6, 6.07) is 19.9. The maximum absolute atomic E-state index is 12.6. The van der Waals surface area contributed by atoms with E-state index in [2.05, 4.69) is 16.7 Å². The smallest absolute Gasteiger partial charge is 0.246 e. The molecule has 0 radical (unpaired) electrons. The minimum absolute atomic E-state index is 0.264. The Morgan fingerprint density at radius 3 is 2.59 bits per heavy atom. The second-order valence-electron chi connectivity index (χ2n) is 6.66. The fourth-order valence-corrected chi connectivity index (χ4v) is 3.26. The number of nitrogens with zero attached hydrogens (tertiary/aromatic N) is 1. The Morgan fingerprint density at radius 2 is 1.79 bits per heavy atom. The summed E-state index contributed by atoms with van der Waals surface area (Å²) in [6.07, 6.45) is 0. The third kappa shape index (κ3) is 3.46. The molecule has 3 aromatic carbocycles. The largest absolute Gasteiger partial charge is 0.495 e. The zero-order valence-corrected chi connectivity index (χ0v) is 16.0. The number of hydrogen-bond donors (Lipinski definition) is 2. The van der Waals surface area contributed by atoms with Gasteiger partial charge in [0, 0.05) is 16.8 Å². The second kappa shape index (κ2) is 7.56. The van der Waals surface area contributed by atoms with E-state index in [0.717, 1.165) is 16.4 Å². The molecule has 29 heavy (non-hydrogen) atoms. The van der Waals surface area contributed by atoms with E-state index in [4.69, 9.17) is 9.15 Å². The maximum Gasteiger partial charge on any atom is 0.246 e. The highest BCUT2D eigenvalue weighted by Crippen LogP contribution is 2.36. The molecular formula is C23H19N3O3. The molecule has 0 bridgehead atoms. The lowest BCUT2D eigenvalue weighted by Crippen LogP contribution is -2.32. The first-order chi connectivity index (χ1) is 14.1. The Hall–Kier alpha value is -3.98. The number of para-hydroxylation sites is 2. The maximum atomic E-state index is 12.6. The van der Waals surface area contributed by atoms with Crippen molar-refractivity contribution in [1.29, 1.82) is 5.26 Å². The van der Waals surface area contributed by atoms with E-state index < -0.39 is 6.04 Å². The average molecular weight is 385 g/mol. The van der Waals surface area contributed by atoms with E-state index >= 15 is 0 Å². The van der Waals surface area contributed by atoms with Gasteiger partial charge in [-0.2, -0.15) is 5.26 Å². The van der Waals surface area contributed by atoms with Gasteiger partial charge in [-0.05, 0) is 31.2 Å². The molecular weight excluding hydrogens is 366 g/mol. The fourth-order valence-electron chi connectivity index (χ4n) is 3.26. The van der Waals surface area contributed by atoms with Gasteiger partial charge in [-0.1, -0.05) is 30.3 Å². The first kappa shape index (κ1) is 18.4. The van der Waals surface area contributed by atoms with Crippen molar-refractivity contribution in [3.63, 3.8) is 0 Å². The van der Waals surface area contributed by atoms with Crippen LogP contribution < -0.4 is 15.4 Å². The number of furan rings is 1. The molecule has 1 amide bonds. The Bertz CT molecular complexity index is 1250. The minimum atomic E-state index is -0.572. The molecule has 6 nitrogen and oxygen atoms in total. The topological polar surface area (TPSA) is 87.3 Å². The Balaban J connectivity index is 1.61. The summed E-state index contributed by atoms with van der Waals surface area (Å²) >= 11 is 0. The zero-order valence-electron chi connectivity index (χ0n) is 16.0. The van der Waals surface area contributed by atoms with Crippen molar-refractivity contribution in [3.05, 3.63) is 66.2 Å². The molecule has 6 heteroatoms. The normalized spacial score (nSPS) is 11.8. The van der Waals surface area contributed by atoms with Crippen LogP contribution in [-0.4, -0.2) is 19.1 Å². The molecule has 4 rings (SSSR count). The number of methoxy groups -OCH3 is 1. The summed E-state index contributed by atoms with van der Waals surface area (Å²) < 4.78 is 11.5. The molecule has 2 N–H and O–H groups in total. The van der Waals surface area contributed by atoms with E-state index in [9.17, 15) is 10.1 Å². The number of hydrogen-bond acceptors (Lipinski definition) is 5. The van der Waals surface area contributed by atoms with Crippen molar-refractivity contribution < 1.29 is 13.9 Å². The van der Waals surface area contributed by atoms with Crippen LogP contribution >= 0.6 is 0 Å².